The summed E-state index contributed by atoms with van der Waals surface area (Å²) in [5.74, 6) is 0.922. The highest BCUT2D eigenvalue weighted by atomic mass is 15.4. The van der Waals surface area contributed by atoms with Crippen molar-refractivity contribution in [1.82, 2.24) is 20.4 Å². The molecule has 0 aromatic heterocycles. The molecule has 1 aromatic rings. The molecule has 0 radical (unpaired) electrons. The summed E-state index contributed by atoms with van der Waals surface area (Å²) in [4.78, 5) is 9.90. The van der Waals surface area contributed by atoms with E-state index in [-0.39, 0.29) is 0 Å². The van der Waals surface area contributed by atoms with Crippen molar-refractivity contribution < 1.29 is 0 Å². The van der Waals surface area contributed by atoms with Crippen molar-refractivity contribution in [1.29, 1.82) is 0 Å². The maximum absolute atomic E-state index is 4.72. The van der Waals surface area contributed by atoms with E-state index in [0.29, 0.717) is 6.04 Å². The van der Waals surface area contributed by atoms with Gasteiger partial charge in [-0.1, -0.05) is 29.8 Å². The number of guanidine groups is 1. The fraction of sp³-hybridized carbons (Fsp3) is 0.611. The maximum atomic E-state index is 4.72. The molecule has 3 fully saturated rings. The van der Waals surface area contributed by atoms with Crippen LogP contribution in [0.15, 0.2) is 29.3 Å². The third-order valence-corrected chi connectivity index (χ3v) is 4.78. The van der Waals surface area contributed by atoms with E-state index in [9.17, 15) is 0 Å². The minimum absolute atomic E-state index is 0.612. The van der Waals surface area contributed by atoms with Gasteiger partial charge in [-0.15, -0.1) is 0 Å². The van der Waals surface area contributed by atoms with Crippen molar-refractivity contribution in [3.8, 4) is 0 Å². The zero-order valence-electron chi connectivity index (χ0n) is 14.4. The zero-order valence-corrected chi connectivity index (χ0v) is 14.4. The Morgan fingerprint density at radius 2 is 1.87 bits per heavy atom. The molecule has 0 saturated carbocycles. The second-order valence-electron chi connectivity index (χ2n) is 6.55. The number of hydrogen-bond acceptors (Lipinski definition) is 3. The largest absolute Gasteiger partial charge is 0.357 e. The second-order valence-corrected chi connectivity index (χ2v) is 6.55. The molecule has 2 bridgehead atoms. The summed E-state index contributed by atoms with van der Waals surface area (Å²) >= 11 is 0. The minimum Gasteiger partial charge on any atom is -0.357 e. The van der Waals surface area contributed by atoms with Gasteiger partial charge in [0.2, 0.25) is 0 Å². The molecule has 126 valence electrons. The molecule has 3 saturated heterocycles. The molecule has 5 heteroatoms. The van der Waals surface area contributed by atoms with Gasteiger partial charge in [-0.05, 0) is 19.4 Å². The minimum atomic E-state index is 0.612. The van der Waals surface area contributed by atoms with Gasteiger partial charge in [-0.2, -0.15) is 0 Å². The van der Waals surface area contributed by atoms with E-state index < -0.39 is 0 Å². The van der Waals surface area contributed by atoms with Gasteiger partial charge in [0.1, 0.15) is 0 Å². The Balaban J connectivity index is 1.53. The van der Waals surface area contributed by atoms with Gasteiger partial charge in [0.15, 0.2) is 5.96 Å². The SMILES string of the molecule is CCNC(=NCc1ccc(C)cc1)NCC1CN2CCN1CC2. The average Bonchev–Trinajstić information content (AvgIpc) is 2.60. The van der Waals surface area contributed by atoms with E-state index in [2.05, 4.69) is 58.5 Å². The summed E-state index contributed by atoms with van der Waals surface area (Å²) < 4.78 is 0. The smallest absolute Gasteiger partial charge is 0.191 e. The number of hydrogen-bond donors (Lipinski definition) is 2. The molecule has 3 heterocycles. The Morgan fingerprint density at radius 1 is 1.13 bits per heavy atom. The first-order valence-corrected chi connectivity index (χ1v) is 8.78. The van der Waals surface area contributed by atoms with Crippen LogP contribution in [0.1, 0.15) is 18.1 Å². The van der Waals surface area contributed by atoms with Crippen molar-refractivity contribution in [2.75, 3.05) is 45.8 Å². The highest BCUT2D eigenvalue weighted by molar-refractivity contribution is 5.79. The molecule has 1 unspecified atom stereocenters. The van der Waals surface area contributed by atoms with Crippen LogP contribution in [-0.4, -0.2) is 67.6 Å². The van der Waals surface area contributed by atoms with E-state index >= 15 is 0 Å². The lowest BCUT2D eigenvalue weighted by atomic mass is 10.1. The number of aryl methyl sites for hydroxylation is 1. The molecular weight excluding hydrogens is 286 g/mol. The van der Waals surface area contributed by atoms with Crippen LogP contribution in [0.4, 0.5) is 0 Å². The van der Waals surface area contributed by atoms with Crippen LogP contribution in [-0.2, 0) is 6.54 Å². The Bertz CT molecular complexity index is 517. The molecule has 0 amide bonds. The van der Waals surface area contributed by atoms with Gasteiger partial charge >= 0.3 is 0 Å². The zero-order chi connectivity index (χ0) is 16.1. The number of piperazine rings is 3. The maximum Gasteiger partial charge on any atom is 0.191 e. The third-order valence-electron chi connectivity index (χ3n) is 4.78. The van der Waals surface area contributed by atoms with Crippen LogP contribution in [0.2, 0.25) is 0 Å². The quantitative estimate of drug-likeness (QED) is 0.630. The highest BCUT2D eigenvalue weighted by Crippen LogP contribution is 2.14. The Labute approximate surface area is 139 Å². The summed E-state index contributed by atoms with van der Waals surface area (Å²) in [7, 11) is 0. The van der Waals surface area contributed by atoms with Gasteiger partial charge in [0.25, 0.3) is 0 Å². The lowest BCUT2D eigenvalue weighted by molar-refractivity contribution is 0.0154. The number of nitrogens with one attached hydrogen (secondary N) is 2. The van der Waals surface area contributed by atoms with Gasteiger partial charge < -0.3 is 10.6 Å². The molecule has 1 aromatic carbocycles. The summed E-state index contributed by atoms with van der Waals surface area (Å²) in [6, 6.07) is 9.21. The summed E-state index contributed by atoms with van der Waals surface area (Å²) in [6.07, 6.45) is 0. The number of benzene rings is 1. The fourth-order valence-electron chi connectivity index (χ4n) is 3.34. The number of rotatable bonds is 5. The van der Waals surface area contributed by atoms with E-state index in [1.165, 1.54) is 43.9 Å². The van der Waals surface area contributed by atoms with Gasteiger partial charge in [0, 0.05) is 51.9 Å². The first kappa shape index (κ1) is 16.3. The standard InChI is InChI=1S/C18H29N5/c1-3-19-18(20-12-16-6-4-15(2)5-7-16)21-13-17-14-22-8-10-23(17)11-9-22/h4-7,17H,3,8-14H2,1-2H3,(H2,19,20,21). The van der Waals surface area contributed by atoms with Gasteiger partial charge in [0.05, 0.1) is 6.54 Å². The fourth-order valence-corrected chi connectivity index (χ4v) is 3.34. The molecule has 0 spiro atoms. The molecule has 2 N–H and O–H groups in total. The van der Waals surface area contributed by atoms with Crippen molar-refractivity contribution in [3.63, 3.8) is 0 Å². The Morgan fingerprint density at radius 3 is 2.48 bits per heavy atom. The van der Waals surface area contributed by atoms with Gasteiger partial charge in [-0.3, -0.25) is 9.80 Å². The summed E-state index contributed by atoms with van der Waals surface area (Å²) in [5.41, 5.74) is 2.54. The van der Waals surface area contributed by atoms with Crippen LogP contribution < -0.4 is 10.6 Å². The molecule has 4 rings (SSSR count). The van der Waals surface area contributed by atoms with Gasteiger partial charge in [-0.25, -0.2) is 4.99 Å². The first-order chi connectivity index (χ1) is 11.2. The number of nitrogens with zero attached hydrogens (tertiary/aromatic N) is 3. The molecule has 5 nitrogen and oxygen atoms in total. The van der Waals surface area contributed by atoms with Crippen molar-refractivity contribution >= 4 is 5.96 Å². The number of fused-ring (bicyclic) bond motifs is 3. The lowest BCUT2D eigenvalue weighted by Gasteiger charge is -2.47. The van der Waals surface area contributed by atoms with E-state index in [0.717, 1.165) is 25.6 Å². The molecule has 1 atom stereocenters. The molecular formula is C18H29N5. The molecule has 0 aliphatic carbocycles. The third kappa shape index (κ3) is 4.45. The van der Waals surface area contributed by atoms with Crippen molar-refractivity contribution in [3.05, 3.63) is 35.4 Å². The topological polar surface area (TPSA) is 42.9 Å². The van der Waals surface area contributed by atoms with Crippen LogP contribution in [0.5, 0.6) is 0 Å². The predicted octanol–water partition coefficient (Wildman–Crippen LogP) is 1.05. The molecule has 3 aliphatic heterocycles. The van der Waals surface area contributed by atoms with E-state index in [1.54, 1.807) is 0 Å². The summed E-state index contributed by atoms with van der Waals surface area (Å²) in [5, 5.41) is 6.88. The second kappa shape index (κ2) is 7.79. The predicted molar refractivity (Wildman–Crippen MR) is 95.8 cm³/mol. The Hall–Kier alpha value is -1.59. The lowest BCUT2D eigenvalue weighted by Crippen LogP contribution is -2.63. The monoisotopic (exact) mass is 315 g/mol. The van der Waals surface area contributed by atoms with E-state index in [1.807, 2.05) is 0 Å². The van der Waals surface area contributed by atoms with Crippen LogP contribution in [0.3, 0.4) is 0 Å². The van der Waals surface area contributed by atoms with Crippen LogP contribution in [0.25, 0.3) is 0 Å². The molecule has 23 heavy (non-hydrogen) atoms. The number of aliphatic imine (C=N–C) groups is 1. The van der Waals surface area contributed by atoms with Crippen molar-refractivity contribution in [2.45, 2.75) is 26.4 Å². The van der Waals surface area contributed by atoms with Crippen LogP contribution in [0, 0.1) is 6.92 Å². The Kier molecular flexibility index (Phi) is 5.51. The van der Waals surface area contributed by atoms with Crippen molar-refractivity contribution in [2.24, 2.45) is 4.99 Å². The summed E-state index contributed by atoms with van der Waals surface area (Å²) in [6.45, 7) is 12.9. The highest BCUT2D eigenvalue weighted by Gasteiger charge is 2.31. The van der Waals surface area contributed by atoms with E-state index in [4.69, 9.17) is 4.99 Å². The average molecular weight is 315 g/mol. The normalized spacial score (nSPS) is 27.0. The molecule has 3 aliphatic rings. The van der Waals surface area contributed by atoms with Crippen LogP contribution >= 0.6 is 0 Å². The first-order valence-electron chi connectivity index (χ1n) is 8.78.